The van der Waals surface area contributed by atoms with Crippen molar-refractivity contribution < 1.29 is 17.9 Å². The van der Waals surface area contributed by atoms with E-state index in [1.54, 1.807) is 19.1 Å². The maximum Gasteiger partial charge on any atom is 0.170 e. The molecule has 1 nitrogen and oxygen atoms in total. The van der Waals surface area contributed by atoms with Gasteiger partial charge in [-0.3, -0.25) is 0 Å². The van der Waals surface area contributed by atoms with Crippen molar-refractivity contribution in [3.05, 3.63) is 120 Å². The number of benzene rings is 4. The van der Waals surface area contributed by atoms with Gasteiger partial charge in [0.15, 0.2) is 37.9 Å². The summed E-state index contributed by atoms with van der Waals surface area (Å²) in [6.07, 6.45) is 0.435. The molecule has 4 aromatic carbocycles. The predicted molar refractivity (Wildman–Crippen MR) is 126 cm³/mol. The highest BCUT2D eigenvalue weighted by molar-refractivity contribution is 7.97. The maximum atomic E-state index is 14.9. The molecule has 0 amide bonds. The van der Waals surface area contributed by atoms with Gasteiger partial charge in [0.25, 0.3) is 0 Å². The summed E-state index contributed by atoms with van der Waals surface area (Å²) in [7, 11) is -0.471. The monoisotopic (exact) mass is 465 g/mol. The summed E-state index contributed by atoms with van der Waals surface area (Å²) in [6.45, 7) is 3.61. The first-order chi connectivity index (χ1) is 15.9. The molecular formula is C28H24F3OS+. The van der Waals surface area contributed by atoms with Crippen LogP contribution in [0.3, 0.4) is 0 Å². The van der Waals surface area contributed by atoms with Gasteiger partial charge in [0.2, 0.25) is 0 Å². The summed E-state index contributed by atoms with van der Waals surface area (Å²) >= 11 is 0. The lowest BCUT2D eigenvalue weighted by Crippen LogP contribution is -2.29. The van der Waals surface area contributed by atoms with Gasteiger partial charge in [-0.2, -0.15) is 0 Å². The molecule has 0 N–H and O–H groups in total. The van der Waals surface area contributed by atoms with Crippen LogP contribution in [0.1, 0.15) is 25.8 Å². The molecule has 0 saturated carbocycles. The first-order valence-corrected chi connectivity index (χ1v) is 11.9. The standard InChI is InChI=1S/C28H24F3OS/c1-3-28(2,20-14-16-24(29)26(31)18-20)32-27-19-23(15-17-25(27)30)33(21-10-6-4-7-11-21)22-12-8-5-9-13-22/h4-19H,3H2,1-2H3/q+1. The Bertz CT molecular complexity index is 1190. The Balaban J connectivity index is 1.77. The lowest BCUT2D eigenvalue weighted by molar-refractivity contribution is 0.0766. The third-order valence-electron chi connectivity index (χ3n) is 5.64. The fraction of sp³-hybridized carbons (Fsp3) is 0.143. The van der Waals surface area contributed by atoms with E-state index >= 15 is 0 Å². The van der Waals surface area contributed by atoms with Gasteiger partial charge < -0.3 is 4.74 Å². The van der Waals surface area contributed by atoms with Gasteiger partial charge in [0.05, 0.1) is 10.9 Å². The molecule has 4 rings (SSSR count). The summed E-state index contributed by atoms with van der Waals surface area (Å²) in [5, 5.41) is 0. The van der Waals surface area contributed by atoms with E-state index in [1.165, 1.54) is 12.1 Å². The molecule has 0 spiro atoms. The van der Waals surface area contributed by atoms with Crippen LogP contribution in [0.4, 0.5) is 13.2 Å². The Morgan fingerprint density at radius 1 is 0.667 bits per heavy atom. The van der Waals surface area contributed by atoms with E-state index in [1.807, 2.05) is 43.3 Å². The highest BCUT2D eigenvalue weighted by atomic mass is 32.2. The molecule has 0 saturated heterocycles. The van der Waals surface area contributed by atoms with Crippen LogP contribution in [-0.2, 0) is 16.5 Å². The van der Waals surface area contributed by atoms with Crippen LogP contribution in [-0.4, -0.2) is 0 Å². The Labute approximate surface area is 195 Å². The fourth-order valence-electron chi connectivity index (χ4n) is 3.61. The first-order valence-electron chi connectivity index (χ1n) is 10.7. The number of hydrogen-bond acceptors (Lipinski definition) is 1. The molecule has 0 aliphatic carbocycles. The second-order valence-corrected chi connectivity index (χ2v) is 9.87. The minimum Gasteiger partial charge on any atom is -0.480 e. The van der Waals surface area contributed by atoms with Crippen molar-refractivity contribution in [1.82, 2.24) is 0 Å². The Hall–Kier alpha value is -3.18. The highest BCUT2D eigenvalue weighted by Crippen LogP contribution is 2.37. The lowest BCUT2D eigenvalue weighted by Gasteiger charge is -2.30. The molecule has 0 aliphatic heterocycles. The van der Waals surface area contributed by atoms with Crippen molar-refractivity contribution in [2.75, 3.05) is 0 Å². The number of hydrogen-bond donors (Lipinski definition) is 0. The normalized spacial score (nSPS) is 13.0. The smallest absolute Gasteiger partial charge is 0.170 e. The Kier molecular flexibility index (Phi) is 6.80. The fourth-order valence-corrected chi connectivity index (χ4v) is 5.72. The largest absolute Gasteiger partial charge is 0.480 e. The zero-order valence-corrected chi connectivity index (χ0v) is 19.2. The van der Waals surface area contributed by atoms with Gasteiger partial charge >= 0.3 is 0 Å². The van der Waals surface area contributed by atoms with E-state index in [4.69, 9.17) is 4.74 Å². The topological polar surface area (TPSA) is 9.23 Å². The highest BCUT2D eigenvalue weighted by Gasteiger charge is 2.33. The SMILES string of the molecule is CCC(C)(Oc1cc([S+](c2ccccc2)c2ccccc2)ccc1F)c1ccc(F)c(F)c1. The zero-order valence-electron chi connectivity index (χ0n) is 18.4. The van der Waals surface area contributed by atoms with E-state index in [0.29, 0.717) is 12.0 Å². The second kappa shape index (κ2) is 9.75. The molecule has 1 atom stereocenters. The minimum atomic E-state index is -1.04. The summed E-state index contributed by atoms with van der Waals surface area (Å²) in [5.41, 5.74) is -0.592. The van der Waals surface area contributed by atoms with E-state index in [2.05, 4.69) is 24.3 Å². The molecule has 168 valence electrons. The van der Waals surface area contributed by atoms with Gasteiger partial charge in [0.1, 0.15) is 5.60 Å². The van der Waals surface area contributed by atoms with Crippen LogP contribution < -0.4 is 4.74 Å². The van der Waals surface area contributed by atoms with Gasteiger partial charge in [-0.25, -0.2) is 13.2 Å². The Morgan fingerprint density at radius 2 is 1.24 bits per heavy atom. The predicted octanol–water partition coefficient (Wildman–Crippen LogP) is 7.90. The third-order valence-corrected chi connectivity index (χ3v) is 7.85. The zero-order chi connectivity index (χ0) is 23.4. The van der Waals surface area contributed by atoms with Crippen LogP contribution in [0.5, 0.6) is 5.75 Å². The third kappa shape index (κ3) is 4.93. The first kappa shape index (κ1) is 23.0. The summed E-state index contributed by atoms with van der Waals surface area (Å²) < 4.78 is 48.5. The van der Waals surface area contributed by atoms with Crippen molar-refractivity contribution in [1.29, 1.82) is 0 Å². The molecular weight excluding hydrogens is 441 g/mol. The van der Waals surface area contributed by atoms with Crippen LogP contribution >= 0.6 is 0 Å². The number of ether oxygens (including phenoxy) is 1. The quantitative estimate of drug-likeness (QED) is 0.252. The van der Waals surface area contributed by atoms with Crippen molar-refractivity contribution in [3.8, 4) is 5.75 Å². The van der Waals surface area contributed by atoms with Crippen LogP contribution in [0, 0.1) is 17.5 Å². The maximum absolute atomic E-state index is 14.9. The molecule has 5 heteroatoms. The minimum absolute atomic E-state index is 0.0749. The van der Waals surface area contributed by atoms with Crippen LogP contribution in [0.15, 0.2) is 112 Å². The second-order valence-electron chi connectivity index (χ2n) is 7.84. The van der Waals surface area contributed by atoms with Gasteiger partial charge in [0, 0.05) is 6.07 Å². The van der Waals surface area contributed by atoms with Crippen molar-refractivity contribution >= 4 is 10.9 Å². The van der Waals surface area contributed by atoms with Crippen molar-refractivity contribution in [2.24, 2.45) is 0 Å². The number of halogens is 3. The molecule has 0 heterocycles. The summed E-state index contributed by atoms with van der Waals surface area (Å²) in [5.74, 6) is -2.32. The average molecular weight is 466 g/mol. The van der Waals surface area contributed by atoms with E-state index < -0.39 is 33.9 Å². The van der Waals surface area contributed by atoms with E-state index in [9.17, 15) is 13.2 Å². The molecule has 0 bridgehead atoms. The van der Waals surface area contributed by atoms with E-state index in [0.717, 1.165) is 26.8 Å². The Morgan fingerprint density at radius 3 is 1.79 bits per heavy atom. The van der Waals surface area contributed by atoms with Crippen molar-refractivity contribution in [2.45, 2.75) is 40.6 Å². The number of rotatable bonds is 7. The molecule has 0 aromatic heterocycles. The van der Waals surface area contributed by atoms with Gasteiger partial charge in [-0.15, -0.1) is 0 Å². The average Bonchev–Trinajstić information content (AvgIpc) is 2.84. The molecule has 4 aromatic rings. The van der Waals surface area contributed by atoms with Crippen LogP contribution in [0.2, 0.25) is 0 Å². The van der Waals surface area contributed by atoms with Gasteiger partial charge in [-0.1, -0.05) is 49.4 Å². The molecule has 0 radical (unpaired) electrons. The lowest BCUT2D eigenvalue weighted by atomic mass is 9.92. The van der Waals surface area contributed by atoms with Gasteiger partial charge in [-0.05, 0) is 67.4 Å². The van der Waals surface area contributed by atoms with Crippen molar-refractivity contribution in [3.63, 3.8) is 0 Å². The molecule has 33 heavy (non-hydrogen) atoms. The van der Waals surface area contributed by atoms with Crippen LogP contribution in [0.25, 0.3) is 0 Å². The summed E-state index contributed by atoms with van der Waals surface area (Å²) in [4.78, 5) is 3.09. The molecule has 1 unspecified atom stereocenters. The van der Waals surface area contributed by atoms with E-state index in [-0.39, 0.29) is 5.75 Å². The molecule has 0 aliphatic rings. The summed E-state index contributed by atoms with van der Waals surface area (Å²) in [6, 6.07) is 28.6. The molecule has 0 fully saturated rings.